The van der Waals surface area contributed by atoms with Crippen LogP contribution in [0.3, 0.4) is 0 Å². The van der Waals surface area contributed by atoms with Crippen molar-refractivity contribution < 1.29 is 18.3 Å². The van der Waals surface area contributed by atoms with Crippen molar-refractivity contribution >= 4 is 12.1 Å². The quantitative estimate of drug-likeness (QED) is 0.597. The van der Waals surface area contributed by atoms with Crippen molar-refractivity contribution in [1.29, 1.82) is 0 Å². The van der Waals surface area contributed by atoms with Gasteiger partial charge in [-0.3, -0.25) is 4.99 Å². The zero-order chi connectivity index (χ0) is 19.7. The highest BCUT2D eigenvalue weighted by Crippen LogP contribution is 2.12. The molecule has 0 atom stereocenters. The second-order valence-corrected chi connectivity index (χ2v) is 6.85. The molecule has 0 saturated heterocycles. The smallest absolute Gasteiger partial charge is 0.410 e. The van der Waals surface area contributed by atoms with Crippen LogP contribution in [0.4, 0.5) is 13.6 Å². The maximum atomic E-state index is 12.2. The first kappa shape index (κ1) is 21.7. The molecule has 2 N–H and O–H groups in total. The molecule has 0 bridgehead atoms. The van der Waals surface area contributed by atoms with Gasteiger partial charge in [-0.05, 0) is 31.9 Å². The molecule has 1 amide bonds. The molecule has 0 unspecified atom stereocenters. The Morgan fingerprint density at radius 1 is 1.19 bits per heavy atom. The Hall–Kier alpha value is -2.38. The fraction of sp³-hybridized carbons (Fsp3) is 0.556. The van der Waals surface area contributed by atoms with Crippen LogP contribution in [0.1, 0.15) is 31.9 Å². The van der Waals surface area contributed by atoms with Gasteiger partial charge in [0, 0.05) is 27.2 Å². The molecule has 1 rings (SSSR count). The van der Waals surface area contributed by atoms with Crippen LogP contribution in [0.5, 0.6) is 0 Å². The number of aliphatic imine (C=N–C) groups is 1. The van der Waals surface area contributed by atoms with E-state index in [1.54, 1.807) is 7.05 Å². The van der Waals surface area contributed by atoms with Crippen LogP contribution >= 0.6 is 0 Å². The lowest BCUT2D eigenvalue weighted by Gasteiger charge is -2.24. The number of nitrogens with zero attached hydrogens (tertiary/aromatic N) is 2. The highest BCUT2D eigenvalue weighted by Gasteiger charge is 2.19. The summed E-state index contributed by atoms with van der Waals surface area (Å²) in [6.07, 6.45) is -2.81. The number of rotatable bonds is 6. The Labute approximate surface area is 153 Å². The topological polar surface area (TPSA) is 66.0 Å². The number of amides is 1. The van der Waals surface area contributed by atoms with Crippen molar-refractivity contribution in [1.82, 2.24) is 15.5 Å². The van der Waals surface area contributed by atoms with Crippen molar-refractivity contribution in [2.75, 3.05) is 20.6 Å². The zero-order valence-corrected chi connectivity index (χ0v) is 16.0. The summed E-state index contributed by atoms with van der Waals surface area (Å²) in [6, 6.07) is 7.64. The molecule has 0 heterocycles. The van der Waals surface area contributed by atoms with Gasteiger partial charge in [-0.25, -0.2) is 13.6 Å². The van der Waals surface area contributed by atoms with Crippen molar-refractivity contribution in [2.45, 2.75) is 45.9 Å². The SMILES string of the molecule is CN=C(NCc1ccc(CN(C)C(=O)OC(C)(C)C)cc1)NCC(F)F. The Kier molecular flexibility index (Phi) is 8.28. The van der Waals surface area contributed by atoms with E-state index in [9.17, 15) is 13.6 Å². The van der Waals surface area contributed by atoms with E-state index >= 15 is 0 Å². The van der Waals surface area contributed by atoms with Gasteiger partial charge >= 0.3 is 6.09 Å². The monoisotopic (exact) mass is 370 g/mol. The third-order valence-corrected chi connectivity index (χ3v) is 3.26. The minimum absolute atomic E-state index is 0.319. The molecule has 0 saturated carbocycles. The van der Waals surface area contributed by atoms with Crippen LogP contribution < -0.4 is 10.6 Å². The van der Waals surface area contributed by atoms with Gasteiger partial charge in [0.2, 0.25) is 0 Å². The van der Waals surface area contributed by atoms with Crippen molar-refractivity contribution in [3.63, 3.8) is 0 Å². The van der Waals surface area contributed by atoms with Crippen LogP contribution in [0.15, 0.2) is 29.3 Å². The van der Waals surface area contributed by atoms with E-state index in [-0.39, 0.29) is 6.09 Å². The van der Waals surface area contributed by atoms with E-state index in [0.29, 0.717) is 19.0 Å². The summed E-state index contributed by atoms with van der Waals surface area (Å²) in [5, 5.41) is 5.50. The lowest BCUT2D eigenvalue weighted by molar-refractivity contribution is 0.0285. The molecule has 6 nitrogen and oxygen atoms in total. The molecule has 0 aliphatic heterocycles. The average molecular weight is 370 g/mol. The lowest BCUT2D eigenvalue weighted by Crippen LogP contribution is -2.39. The third-order valence-electron chi connectivity index (χ3n) is 3.26. The second kappa shape index (κ2) is 9.94. The Balaban J connectivity index is 2.51. The highest BCUT2D eigenvalue weighted by molar-refractivity contribution is 5.79. The number of halogens is 2. The summed E-state index contributed by atoms with van der Waals surface area (Å²) >= 11 is 0. The summed E-state index contributed by atoms with van der Waals surface area (Å²) in [6.45, 7) is 5.90. The number of benzene rings is 1. The maximum absolute atomic E-state index is 12.2. The van der Waals surface area contributed by atoms with E-state index in [1.165, 1.54) is 11.9 Å². The van der Waals surface area contributed by atoms with Crippen molar-refractivity contribution in [3.05, 3.63) is 35.4 Å². The van der Waals surface area contributed by atoms with Crippen LogP contribution in [0.25, 0.3) is 0 Å². The predicted octanol–water partition coefficient (Wildman–Crippen LogP) is 2.98. The van der Waals surface area contributed by atoms with Gasteiger partial charge in [0.25, 0.3) is 6.43 Å². The second-order valence-electron chi connectivity index (χ2n) is 6.85. The first-order valence-electron chi connectivity index (χ1n) is 8.35. The zero-order valence-electron chi connectivity index (χ0n) is 16.0. The van der Waals surface area contributed by atoms with Crippen LogP contribution in [-0.4, -0.2) is 49.6 Å². The van der Waals surface area contributed by atoms with Gasteiger partial charge in [0.1, 0.15) is 5.60 Å². The molecular weight excluding hydrogens is 342 g/mol. The van der Waals surface area contributed by atoms with E-state index in [4.69, 9.17) is 4.74 Å². The number of carbonyl (C=O) groups is 1. The number of hydrogen-bond acceptors (Lipinski definition) is 3. The molecule has 0 spiro atoms. The number of nitrogens with one attached hydrogen (secondary N) is 2. The van der Waals surface area contributed by atoms with Gasteiger partial charge in [-0.1, -0.05) is 24.3 Å². The summed E-state index contributed by atoms with van der Waals surface area (Å²) in [4.78, 5) is 17.4. The summed E-state index contributed by atoms with van der Waals surface area (Å²) in [5.41, 5.74) is 1.40. The summed E-state index contributed by atoms with van der Waals surface area (Å²) < 4.78 is 29.7. The number of guanidine groups is 1. The standard InChI is InChI=1S/C18H28F2N4O2/c1-18(2,3)26-17(25)24(5)12-14-8-6-13(7-9-14)10-22-16(21-4)23-11-15(19)20/h6-9,15H,10-12H2,1-5H3,(H2,21,22,23). The van der Waals surface area contributed by atoms with Crippen molar-refractivity contribution in [2.24, 2.45) is 4.99 Å². The molecule has 8 heteroatoms. The largest absolute Gasteiger partial charge is 0.444 e. The average Bonchev–Trinajstić information content (AvgIpc) is 2.54. The fourth-order valence-electron chi connectivity index (χ4n) is 2.02. The molecule has 1 aromatic carbocycles. The van der Waals surface area contributed by atoms with Gasteiger partial charge < -0.3 is 20.3 Å². The van der Waals surface area contributed by atoms with Crippen LogP contribution in [-0.2, 0) is 17.8 Å². The van der Waals surface area contributed by atoms with Gasteiger partial charge in [-0.15, -0.1) is 0 Å². The number of hydrogen-bond donors (Lipinski definition) is 2. The van der Waals surface area contributed by atoms with Gasteiger partial charge in [0.15, 0.2) is 5.96 Å². The molecule has 0 radical (unpaired) electrons. The number of carbonyl (C=O) groups excluding carboxylic acids is 1. The lowest BCUT2D eigenvalue weighted by atomic mass is 10.1. The van der Waals surface area contributed by atoms with E-state index in [1.807, 2.05) is 45.0 Å². The van der Waals surface area contributed by atoms with Crippen LogP contribution in [0, 0.1) is 0 Å². The minimum atomic E-state index is -2.44. The predicted molar refractivity (Wildman–Crippen MR) is 98.3 cm³/mol. The molecule has 0 aliphatic carbocycles. The number of alkyl halides is 2. The number of ether oxygens (including phenoxy) is 1. The minimum Gasteiger partial charge on any atom is -0.444 e. The Morgan fingerprint density at radius 2 is 1.77 bits per heavy atom. The molecule has 0 fully saturated rings. The first-order valence-corrected chi connectivity index (χ1v) is 8.35. The summed E-state index contributed by atoms with van der Waals surface area (Å²) in [5.74, 6) is 0.319. The van der Waals surface area contributed by atoms with Crippen molar-refractivity contribution in [3.8, 4) is 0 Å². The molecule has 1 aromatic rings. The normalized spacial score (nSPS) is 12.1. The van der Waals surface area contributed by atoms with Gasteiger partial charge in [0.05, 0.1) is 6.54 Å². The molecule has 0 aliphatic rings. The van der Waals surface area contributed by atoms with Gasteiger partial charge in [-0.2, -0.15) is 0 Å². The van der Waals surface area contributed by atoms with E-state index in [0.717, 1.165) is 11.1 Å². The van der Waals surface area contributed by atoms with E-state index in [2.05, 4.69) is 15.6 Å². The van der Waals surface area contributed by atoms with E-state index < -0.39 is 18.6 Å². The molecule has 146 valence electrons. The third kappa shape index (κ3) is 8.64. The Morgan fingerprint density at radius 3 is 2.27 bits per heavy atom. The molecule has 26 heavy (non-hydrogen) atoms. The fourth-order valence-corrected chi connectivity index (χ4v) is 2.02. The van der Waals surface area contributed by atoms with Crippen LogP contribution in [0.2, 0.25) is 0 Å². The Bertz CT molecular complexity index is 598. The molecule has 0 aromatic heterocycles. The molecular formula is C18H28F2N4O2. The summed E-state index contributed by atoms with van der Waals surface area (Å²) in [7, 11) is 3.21. The first-order chi connectivity index (χ1) is 12.1. The highest BCUT2D eigenvalue weighted by atomic mass is 19.3. The maximum Gasteiger partial charge on any atom is 0.410 e.